The van der Waals surface area contributed by atoms with Gasteiger partial charge in [-0.15, -0.1) is 0 Å². The Kier molecular flexibility index (Phi) is 4.58. The highest BCUT2D eigenvalue weighted by atomic mass is 32.2. The first-order valence-electron chi connectivity index (χ1n) is 5.55. The highest BCUT2D eigenvalue weighted by Gasteiger charge is 2.03. The van der Waals surface area contributed by atoms with Crippen LogP contribution in [0.3, 0.4) is 0 Å². The zero-order valence-corrected chi connectivity index (χ0v) is 10.5. The number of furan rings is 1. The fourth-order valence-corrected chi connectivity index (χ4v) is 2.06. The Hall–Kier alpha value is -1.33. The summed E-state index contributed by atoms with van der Waals surface area (Å²) in [4.78, 5) is 8.22. The van der Waals surface area contributed by atoms with Crippen molar-refractivity contribution in [3.05, 3.63) is 42.2 Å². The predicted octanol–water partition coefficient (Wildman–Crippen LogP) is 2.47. The average Bonchev–Trinajstić information content (AvgIpc) is 2.83. The Bertz CT molecular complexity index is 444. The molecule has 0 spiro atoms. The lowest BCUT2D eigenvalue weighted by atomic mass is 10.4. The van der Waals surface area contributed by atoms with E-state index in [9.17, 15) is 0 Å². The zero-order valence-electron chi connectivity index (χ0n) is 9.72. The summed E-state index contributed by atoms with van der Waals surface area (Å²) in [6.07, 6.45) is 5.12. The number of nitrogens with one attached hydrogen (secondary N) is 1. The Morgan fingerprint density at radius 1 is 1.29 bits per heavy atom. The van der Waals surface area contributed by atoms with Crippen LogP contribution in [0, 0.1) is 0 Å². The maximum atomic E-state index is 5.68. The molecule has 0 atom stereocenters. The first kappa shape index (κ1) is 12.1. The molecule has 0 aliphatic rings. The van der Waals surface area contributed by atoms with Gasteiger partial charge in [-0.2, -0.15) is 0 Å². The number of aromatic nitrogens is 2. The summed E-state index contributed by atoms with van der Waals surface area (Å²) in [5.41, 5.74) is 0. The summed E-state index contributed by atoms with van der Waals surface area (Å²) < 4.78 is 5.68. The van der Waals surface area contributed by atoms with Gasteiger partial charge in [-0.3, -0.25) is 4.98 Å². The van der Waals surface area contributed by atoms with E-state index in [0.717, 1.165) is 35.4 Å². The second-order valence-corrected chi connectivity index (χ2v) is 4.48. The smallest absolute Gasteiger partial charge is 0.117 e. The minimum atomic E-state index is 0.783. The molecule has 0 aromatic carbocycles. The summed E-state index contributed by atoms with van der Waals surface area (Å²) in [7, 11) is 0. The van der Waals surface area contributed by atoms with E-state index in [1.54, 1.807) is 30.4 Å². The van der Waals surface area contributed by atoms with Crippen LogP contribution in [0.4, 0.5) is 0 Å². The van der Waals surface area contributed by atoms with Crippen molar-refractivity contribution >= 4 is 11.8 Å². The van der Waals surface area contributed by atoms with Crippen LogP contribution in [-0.2, 0) is 12.3 Å². The van der Waals surface area contributed by atoms with Gasteiger partial charge >= 0.3 is 0 Å². The van der Waals surface area contributed by atoms with Crippen LogP contribution in [0.15, 0.2) is 40.2 Å². The molecule has 0 radical (unpaired) electrons. The predicted molar refractivity (Wildman–Crippen MR) is 67.7 cm³/mol. The minimum absolute atomic E-state index is 0.783. The van der Waals surface area contributed by atoms with Crippen molar-refractivity contribution in [2.24, 2.45) is 0 Å². The van der Waals surface area contributed by atoms with E-state index in [2.05, 4.69) is 22.2 Å². The van der Waals surface area contributed by atoms with Gasteiger partial charge in [0.25, 0.3) is 0 Å². The molecule has 2 heterocycles. The molecule has 0 unspecified atom stereocenters. The molecule has 0 saturated carbocycles. The molecular formula is C12H15N3OS. The summed E-state index contributed by atoms with van der Waals surface area (Å²) >= 11 is 1.62. The van der Waals surface area contributed by atoms with Crippen molar-refractivity contribution in [2.75, 3.05) is 6.54 Å². The van der Waals surface area contributed by atoms with Gasteiger partial charge in [0, 0.05) is 12.4 Å². The van der Waals surface area contributed by atoms with Crippen molar-refractivity contribution in [3.63, 3.8) is 0 Å². The molecule has 0 amide bonds. The molecule has 0 fully saturated rings. The lowest BCUT2D eigenvalue weighted by Gasteiger charge is -1.98. The maximum Gasteiger partial charge on any atom is 0.117 e. The van der Waals surface area contributed by atoms with Crippen LogP contribution in [-0.4, -0.2) is 16.5 Å². The topological polar surface area (TPSA) is 51.0 Å². The van der Waals surface area contributed by atoms with E-state index < -0.39 is 0 Å². The Morgan fingerprint density at radius 3 is 2.94 bits per heavy atom. The van der Waals surface area contributed by atoms with Gasteiger partial charge in [0.15, 0.2) is 0 Å². The number of hydrogen-bond donors (Lipinski definition) is 1. The van der Waals surface area contributed by atoms with Crippen molar-refractivity contribution in [1.82, 2.24) is 15.3 Å². The minimum Gasteiger partial charge on any atom is -0.464 e. The monoisotopic (exact) mass is 249 g/mol. The van der Waals surface area contributed by atoms with Crippen LogP contribution >= 0.6 is 11.8 Å². The van der Waals surface area contributed by atoms with Gasteiger partial charge in [0.1, 0.15) is 16.5 Å². The van der Waals surface area contributed by atoms with Crippen LogP contribution < -0.4 is 5.32 Å². The summed E-state index contributed by atoms with van der Waals surface area (Å²) in [5, 5.41) is 4.14. The number of nitrogens with zero attached hydrogens (tertiary/aromatic N) is 2. The Labute approximate surface area is 105 Å². The van der Waals surface area contributed by atoms with E-state index in [1.807, 2.05) is 12.1 Å². The average molecular weight is 249 g/mol. The zero-order chi connectivity index (χ0) is 11.9. The molecule has 90 valence electrons. The van der Waals surface area contributed by atoms with E-state index in [1.165, 1.54) is 0 Å². The van der Waals surface area contributed by atoms with Crippen molar-refractivity contribution in [1.29, 1.82) is 0 Å². The molecule has 5 heteroatoms. The first-order valence-corrected chi connectivity index (χ1v) is 6.54. The van der Waals surface area contributed by atoms with Crippen LogP contribution in [0.2, 0.25) is 0 Å². The molecule has 17 heavy (non-hydrogen) atoms. The second-order valence-electron chi connectivity index (χ2n) is 3.48. The standard InChI is InChI=1S/C12H15N3OS/c1-2-13-7-10-3-4-11(16-10)9-17-12-8-14-5-6-15-12/h3-6,8,13H,2,7,9H2,1H3. The van der Waals surface area contributed by atoms with Crippen molar-refractivity contribution in [3.8, 4) is 0 Å². The van der Waals surface area contributed by atoms with E-state index in [-0.39, 0.29) is 0 Å². The third-order valence-electron chi connectivity index (χ3n) is 2.17. The van der Waals surface area contributed by atoms with Crippen molar-refractivity contribution < 1.29 is 4.42 Å². The normalized spacial score (nSPS) is 10.6. The Balaban J connectivity index is 1.85. The highest BCUT2D eigenvalue weighted by Crippen LogP contribution is 2.20. The van der Waals surface area contributed by atoms with E-state index >= 15 is 0 Å². The lowest BCUT2D eigenvalue weighted by Crippen LogP contribution is -2.10. The fraction of sp³-hybridized carbons (Fsp3) is 0.333. The number of thioether (sulfide) groups is 1. The largest absolute Gasteiger partial charge is 0.464 e. The summed E-state index contributed by atoms with van der Waals surface area (Å²) in [5.74, 6) is 2.72. The number of rotatable bonds is 6. The van der Waals surface area contributed by atoms with Gasteiger partial charge < -0.3 is 9.73 Å². The third-order valence-corrected chi connectivity index (χ3v) is 3.10. The lowest BCUT2D eigenvalue weighted by molar-refractivity contribution is 0.463. The van der Waals surface area contributed by atoms with E-state index in [4.69, 9.17) is 4.42 Å². The maximum absolute atomic E-state index is 5.68. The SMILES string of the molecule is CCNCc1ccc(CSc2cnccn2)o1. The highest BCUT2D eigenvalue weighted by molar-refractivity contribution is 7.98. The van der Waals surface area contributed by atoms with Crippen LogP contribution in [0.5, 0.6) is 0 Å². The molecule has 0 aliphatic carbocycles. The molecule has 2 aromatic rings. The fourth-order valence-electron chi connectivity index (χ4n) is 1.35. The third kappa shape index (κ3) is 3.87. The second kappa shape index (κ2) is 6.42. The molecule has 2 rings (SSSR count). The van der Waals surface area contributed by atoms with Crippen LogP contribution in [0.25, 0.3) is 0 Å². The summed E-state index contributed by atoms with van der Waals surface area (Å²) in [6.45, 7) is 3.81. The van der Waals surface area contributed by atoms with E-state index in [0.29, 0.717) is 0 Å². The molecule has 4 nitrogen and oxygen atoms in total. The van der Waals surface area contributed by atoms with Crippen molar-refractivity contribution in [2.45, 2.75) is 24.2 Å². The van der Waals surface area contributed by atoms with Gasteiger partial charge in [-0.25, -0.2) is 4.98 Å². The first-order chi connectivity index (χ1) is 8.38. The molecule has 0 aliphatic heterocycles. The summed E-state index contributed by atoms with van der Waals surface area (Å²) in [6, 6.07) is 4.02. The van der Waals surface area contributed by atoms with Gasteiger partial charge in [0.05, 0.1) is 18.5 Å². The van der Waals surface area contributed by atoms with Crippen LogP contribution in [0.1, 0.15) is 18.4 Å². The van der Waals surface area contributed by atoms with Gasteiger partial charge in [0.2, 0.25) is 0 Å². The molecular weight excluding hydrogens is 234 g/mol. The number of hydrogen-bond acceptors (Lipinski definition) is 5. The quantitative estimate of drug-likeness (QED) is 0.797. The van der Waals surface area contributed by atoms with Gasteiger partial charge in [-0.05, 0) is 18.7 Å². The van der Waals surface area contributed by atoms with Gasteiger partial charge in [-0.1, -0.05) is 18.7 Å². The molecule has 0 saturated heterocycles. The molecule has 2 aromatic heterocycles. The molecule has 0 bridgehead atoms. The Morgan fingerprint density at radius 2 is 2.18 bits per heavy atom. The molecule has 1 N–H and O–H groups in total.